The number of alkyl halides is 1. The highest BCUT2D eigenvalue weighted by molar-refractivity contribution is 5.79. The molecule has 0 spiro atoms. The van der Waals surface area contributed by atoms with Gasteiger partial charge in [0.15, 0.2) is 0 Å². The Bertz CT molecular complexity index is 579. The van der Waals surface area contributed by atoms with Crippen LogP contribution in [-0.4, -0.2) is 66.3 Å². The van der Waals surface area contributed by atoms with Crippen LogP contribution in [0.3, 0.4) is 0 Å². The number of halogens is 1. The Morgan fingerprint density at radius 2 is 1.92 bits per heavy atom. The van der Waals surface area contributed by atoms with Crippen molar-refractivity contribution < 1.29 is 13.9 Å². The molecule has 130 valence electrons. The first-order valence-corrected chi connectivity index (χ1v) is 8.75. The third kappa shape index (κ3) is 2.97. The van der Waals surface area contributed by atoms with Gasteiger partial charge in [0.1, 0.15) is 6.17 Å². The highest BCUT2D eigenvalue weighted by atomic mass is 19.1. The first-order chi connectivity index (χ1) is 11.7. The normalized spacial score (nSPS) is 31.1. The van der Waals surface area contributed by atoms with E-state index in [-0.39, 0.29) is 17.7 Å². The van der Waals surface area contributed by atoms with Crippen molar-refractivity contribution in [2.24, 2.45) is 17.8 Å². The average molecular weight is 334 g/mol. The van der Waals surface area contributed by atoms with Gasteiger partial charge in [0.25, 0.3) is 0 Å². The molecule has 3 aliphatic heterocycles. The summed E-state index contributed by atoms with van der Waals surface area (Å²) in [6.45, 7) is 3.82. The fraction of sp³-hybridized carbons (Fsp3) is 0.706. The summed E-state index contributed by atoms with van der Waals surface area (Å²) in [5.41, 5.74) is 0. The molecular formula is C17H23FN4O2. The summed E-state index contributed by atoms with van der Waals surface area (Å²) < 4.78 is 19.1. The molecule has 0 saturated carbocycles. The average Bonchev–Trinajstić information content (AvgIpc) is 3.07. The summed E-state index contributed by atoms with van der Waals surface area (Å²) in [4.78, 5) is 25.5. The van der Waals surface area contributed by atoms with Crippen LogP contribution in [0.25, 0.3) is 0 Å². The Hall–Kier alpha value is -1.76. The number of fused-ring (bicyclic) bond motifs is 1. The van der Waals surface area contributed by atoms with E-state index in [4.69, 9.17) is 4.74 Å². The molecular weight excluding hydrogens is 311 g/mol. The molecule has 7 heteroatoms. The van der Waals surface area contributed by atoms with E-state index in [1.54, 1.807) is 18.5 Å². The minimum absolute atomic E-state index is 0.131. The van der Waals surface area contributed by atoms with Crippen LogP contribution >= 0.6 is 0 Å². The van der Waals surface area contributed by atoms with Gasteiger partial charge in [-0.1, -0.05) is 0 Å². The zero-order chi connectivity index (χ0) is 16.5. The Morgan fingerprint density at radius 1 is 1.17 bits per heavy atom. The molecule has 3 saturated heterocycles. The number of piperidine rings is 1. The Kier molecular flexibility index (Phi) is 4.35. The number of amides is 1. The summed E-state index contributed by atoms with van der Waals surface area (Å²) in [5.74, 6) is 1.31. The molecule has 3 fully saturated rings. The van der Waals surface area contributed by atoms with Gasteiger partial charge >= 0.3 is 0 Å². The van der Waals surface area contributed by atoms with Gasteiger partial charge in [-0.2, -0.15) is 0 Å². The zero-order valence-corrected chi connectivity index (χ0v) is 13.7. The molecule has 1 amide bonds. The van der Waals surface area contributed by atoms with Crippen molar-refractivity contribution >= 4 is 11.9 Å². The van der Waals surface area contributed by atoms with Crippen molar-refractivity contribution in [2.75, 3.05) is 44.3 Å². The lowest BCUT2D eigenvalue weighted by atomic mass is 9.81. The standard InChI is InChI=1S/C17H23FN4O2/c18-13-2-6-21(7-3-13)16(23)15-11-24-10-12-8-22(9-14(12)15)17-19-4-1-5-20-17/h1,4-5,12-15H,2-3,6-11H2/t12-,14-,15-/m1/s1. The number of hydrogen-bond acceptors (Lipinski definition) is 5. The van der Waals surface area contributed by atoms with E-state index in [1.165, 1.54) is 0 Å². The number of likely N-dealkylation sites (tertiary alicyclic amines) is 1. The summed E-state index contributed by atoms with van der Waals surface area (Å²) in [5, 5.41) is 0. The SMILES string of the molecule is O=C([C@@H]1COC[C@H]2CN(c3ncccn3)C[C@H]21)N1CCC(F)CC1. The van der Waals surface area contributed by atoms with Crippen molar-refractivity contribution in [1.82, 2.24) is 14.9 Å². The lowest BCUT2D eigenvalue weighted by molar-refractivity contribution is -0.145. The molecule has 1 aromatic heterocycles. The third-order valence-corrected chi connectivity index (χ3v) is 5.53. The van der Waals surface area contributed by atoms with Crippen molar-refractivity contribution in [2.45, 2.75) is 19.0 Å². The van der Waals surface area contributed by atoms with Crippen molar-refractivity contribution in [1.29, 1.82) is 0 Å². The fourth-order valence-electron chi connectivity index (χ4n) is 4.17. The van der Waals surface area contributed by atoms with Crippen LogP contribution in [0.5, 0.6) is 0 Å². The molecule has 4 rings (SSSR count). The summed E-state index contributed by atoms with van der Waals surface area (Å²) in [7, 11) is 0. The molecule has 4 heterocycles. The van der Waals surface area contributed by atoms with Gasteiger partial charge in [-0.3, -0.25) is 4.79 Å². The maximum absolute atomic E-state index is 13.3. The van der Waals surface area contributed by atoms with Gasteiger partial charge in [-0.05, 0) is 24.8 Å². The zero-order valence-electron chi connectivity index (χ0n) is 13.7. The summed E-state index contributed by atoms with van der Waals surface area (Å²) in [6, 6.07) is 1.80. The molecule has 0 aromatic carbocycles. The van der Waals surface area contributed by atoms with Gasteiger partial charge < -0.3 is 14.5 Å². The van der Waals surface area contributed by atoms with Gasteiger partial charge in [-0.15, -0.1) is 0 Å². The molecule has 3 atom stereocenters. The second-order valence-corrected chi connectivity index (χ2v) is 7.02. The van der Waals surface area contributed by atoms with Crippen LogP contribution in [0, 0.1) is 17.8 Å². The second-order valence-electron chi connectivity index (χ2n) is 7.02. The topological polar surface area (TPSA) is 58.6 Å². The van der Waals surface area contributed by atoms with Crippen LogP contribution in [0.1, 0.15) is 12.8 Å². The molecule has 0 unspecified atom stereocenters. The molecule has 24 heavy (non-hydrogen) atoms. The van der Waals surface area contributed by atoms with Gasteiger partial charge in [-0.25, -0.2) is 14.4 Å². The highest BCUT2D eigenvalue weighted by Gasteiger charge is 2.46. The van der Waals surface area contributed by atoms with E-state index in [0.717, 1.165) is 19.0 Å². The maximum Gasteiger partial charge on any atom is 0.228 e. The highest BCUT2D eigenvalue weighted by Crippen LogP contribution is 2.36. The molecule has 1 aromatic rings. The number of carbonyl (C=O) groups excluding carboxylic acids is 1. The van der Waals surface area contributed by atoms with Crippen molar-refractivity contribution in [3.63, 3.8) is 0 Å². The maximum atomic E-state index is 13.3. The van der Waals surface area contributed by atoms with E-state index < -0.39 is 6.17 Å². The van der Waals surface area contributed by atoms with Crippen molar-refractivity contribution in [3.05, 3.63) is 18.5 Å². The van der Waals surface area contributed by atoms with Crippen LogP contribution < -0.4 is 4.90 Å². The van der Waals surface area contributed by atoms with Crippen LogP contribution in [0.15, 0.2) is 18.5 Å². The van der Waals surface area contributed by atoms with E-state index >= 15 is 0 Å². The number of nitrogens with zero attached hydrogens (tertiary/aromatic N) is 4. The summed E-state index contributed by atoms with van der Waals surface area (Å²) in [6.07, 6.45) is 3.63. The third-order valence-electron chi connectivity index (χ3n) is 5.53. The predicted octanol–water partition coefficient (Wildman–Crippen LogP) is 1.14. The van der Waals surface area contributed by atoms with E-state index in [2.05, 4.69) is 14.9 Å². The minimum atomic E-state index is -0.762. The van der Waals surface area contributed by atoms with Gasteiger partial charge in [0.2, 0.25) is 11.9 Å². The number of anilines is 1. The minimum Gasteiger partial charge on any atom is -0.380 e. The molecule has 0 N–H and O–H groups in total. The van der Waals surface area contributed by atoms with E-state index in [9.17, 15) is 9.18 Å². The Labute approximate surface area is 141 Å². The van der Waals surface area contributed by atoms with Gasteiger partial charge in [0.05, 0.1) is 19.1 Å². The van der Waals surface area contributed by atoms with E-state index in [1.807, 2.05) is 4.90 Å². The van der Waals surface area contributed by atoms with E-state index in [0.29, 0.717) is 45.1 Å². The lowest BCUT2D eigenvalue weighted by Crippen LogP contribution is -2.49. The summed E-state index contributed by atoms with van der Waals surface area (Å²) >= 11 is 0. The second kappa shape index (κ2) is 6.63. The number of rotatable bonds is 2. The number of carbonyl (C=O) groups is 1. The monoisotopic (exact) mass is 334 g/mol. The molecule has 3 aliphatic rings. The van der Waals surface area contributed by atoms with Crippen molar-refractivity contribution in [3.8, 4) is 0 Å². The van der Waals surface area contributed by atoms with Crippen LogP contribution in [0.4, 0.5) is 10.3 Å². The molecule has 6 nitrogen and oxygen atoms in total. The number of ether oxygens (including phenoxy) is 1. The quantitative estimate of drug-likeness (QED) is 0.812. The predicted molar refractivity (Wildman–Crippen MR) is 86.2 cm³/mol. The smallest absolute Gasteiger partial charge is 0.228 e. The Balaban J connectivity index is 1.46. The largest absolute Gasteiger partial charge is 0.380 e. The number of aromatic nitrogens is 2. The molecule has 0 radical (unpaired) electrons. The first kappa shape index (κ1) is 15.7. The lowest BCUT2D eigenvalue weighted by Gasteiger charge is -2.37. The molecule has 0 bridgehead atoms. The van der Waals surface area contributed by atoms with Crippen LogP contribution in [0.2, 0.25) is 0 Å². The fourth-order valence-corrected chi connectivity index (χ4v) is 4.17. The van der Waals surface area contributed by atoms with Crippen LogP contribution in [-0.2, 0) is 9.53 Å². The first-order valence-electron chi connectivity index (χ1n) is 8.75. The Morgan fingerprint density at radius 3 is 2.67 bits per heavy atom. The number of hydrogen-bond donors (Lipinski definition) is 0. The molecule has 0 aliphatic carbocycles. The van der Waals surface area contributed by atoms with Gasteiger partial charge in [0, 0.05) is 44.5 Å².